The molecule has 1 saturated carbocycles. The van der Waals surface area contributed by atoms with Gasteiger partial charge in [0.1, 0.15) is 0 Å². The normalized spacial score (nSPS) is 23.8. The monoisotopic (exact) mass is 270 g/mol. The van der Waals surface area contributed by atoms with E-state index in [9.17, 15) is 0 Å². The topological polar surface area (TPSA) is 15.3 Å². The summed E-state index contributed by atoms with van der Waals surface area (Å²) in [6.07, 6.45) is 4.15. The molecule has 2 aliphatic rings. The first-order chi connectivity index (χ1) is 8.34. The van der Waals surface area contributed by atoms with E-state index in [1.54, 1.807) is 0 Å². The van der Waals surface area contributed by atoms with Crippen molar-refractivity contribution in [3.05, 3.63) is 21.3 Å². The maximum Gasteiger partial charge on any atom is 0.0561 e. The molecule has 2 nitrogen and oxygen atoms in total. The number of rotatable bonds is 4. The first-order valence-electron chi connectivity index (χ1n) is 6.52. The number of nitrogens with one attached hydrogen (secondary N) is 1. The van der Waals surface area contributed by atoms with Crippen LogP contribution in [0.2, 0.25) is 5.02 Å². The maximum atomic E-state index is 6.33. The van der Waals surface area contributed by atoms with Gasteiger partial charge in [0.2, 0.25) is 0 Å². The Morgan fingerprint density at radius 3 is 2.76 bits per heavy atom. The fourth-order valence-electron chi connectivity index (χ4n) is 2.63. The van der Waals surface area contributed by atoms with E-state index in [0.29, 0.717) is 6.04 Å². The number of nitrogens with zero attached hydrogens (tertiary/aromatic N) is 1. The zero-order chi connectivity index (χ0) is 11.7. The fourth-order valence-corrected chi connectivity index (χ4v) is 3.96. The lowest BCUT2D eigenvalue weighted by Crippen LogP contribution is -2.45. The SMILES string of the molecule is Clc1ccsc1[C@H](CC1CC1)N1CCNCC1. The van der Waals surface area contributed by atoms with Gasteiger partial charge in [0.25, 0.3) is 0 Å². The van der Waals surface area contributed by atoms with Gasteiger partial charge in [0.05, 0.1) is 5.02 Å². The second-order valence-electron chi connectivity index (χ2n) is 5.11. The summed E-state index contributed by atoms with van der Waals surface area (Å²) in [7, 11) is 0. The van der Waals surface area contributed by atoms with Crippen molar-refractivity contribution in [3.63, 3.8) is 0 Å². The van der Waals surface area contributed by atoms with Gasteiger partial charge in [-0.15, -0.1) is 11.3 Å². The molecule has 0 spiro atoms. The molecule has 1 N–H and O–H groups in total. The Labute approximate surface area is 112 Å². The van der Waals surface area contributed by atoms with Crippen molar-refractivity contribution in [3.8, 4) is 0 Å². The summed E-state index contributed by atoms with van der Waals surface area (Å²) in [5.41, 5.74) is 0. The van der Waals surface area contributed by atoms with Crippen LogP contribution in [0, 0.1) is 5.92 Å². The van der Waals surface area contributed by atoms with Gasteiger partial charge in [0.15, 0.2) is 0 Å². The molecular weight excluding hydrogens is 252 g/mol. The molecule has 1 aromatic heterocycles. The lowest BCUT2D eigenvalue weighted by Gasteiger charge is -2.34. The first-order valence-corrected chi connectivity index (χ1v) is 7.78. The van der Waals surface area contributed by atoms with Gasteiger partial charge in [0, 0.05) is 37.1 Å². The minimum Gasteiger partial charge on any atom is -0.314 e. The van der Waals surface area contributed by atoms with Gasteiger partial charge in [-0.05, 0) is 23.8 Å². The summed E-state index contributed by atoms with van der Waals surface area (Å²) in [5.74, 6) is 0.952. The summed E-state index contributed by atoms with van der Waals surface area (Å²) in [6, 6.07) is 2.61. The predicted molar refractivity (Wildman–Crippen MR) is 73.9 cm³/mol. The molecule has 94 valence electrons. The van der Waals surface area contributed by atoms with Crippen LogP contribution in [0.1, 0.15) is 30.2 Å². The Kier molecular flexibility index (Phi) is 3.71. The lowest BCUT2D eigenvalue weighted by molar-refractivity contribution is 0.163. The van der Waals surface area contributed by atoms with E-state index in [1.807, 2.05) is 17.4 Å². The Hall–Kier alpha value is -0.0900. The molecule has 0 amide bonds. The largest absolute Gasteiger partial charge is 0.314 e. The summed E-state index contributed by atoms with van der Waals surface area (Å²) in [5, 5.41) is 6.52. The third-order valence-electron chi connectivity index (χ3n) is 3.79. The standard InChI is InChI=1S/C13H19ClN2S/c14-11-3-8-17-13(11)12(9-10-1-2-10)16-6-4-15-5-7-16/h3,8,10,12,15H,1-2,4-7,9H2/t12-/m0/s1. The Morgan fingerprint density at radius 1 is 1.41 bits per heavy atom. The molecule has 17 heavy (non-hydrogen) atoms. The van der Waals surface area contributed by atoms with Gasteiger partial charge < -0.3 is 5.32 Å². The van der Waals surface area contributed by atoms with Crippen LogP contribution in [0.25, 0.3) is 0 Å². The summed E-state index contributed by atoms with van der Waals surface area (Å²) >= 11 is 8.15. The molecule has 0 radical (unpaired) electrons. The molecule has 1 aliphatic heterocycles. The highest BCUT2D eigenvalue weighted by atomic mass is 35.5. The third-order valence-corrected chi connectivity index (χ3v) is 5.25. The van der Waals surface area contributed by atoms with E-state index in [-0.39, 0.29) is 0 Å². The van der Waals surface area contributed by atoms with Crippen molar-refractivity contribution >= 4 is 22.9 Å². The maximum absolute atomic E-state index is 6.33. The van der Waals surface area contributed by atoms with Crippen molar-refractivity contribution in [1.82, 2.24) is 10.2 Å². The van der Waals surface area contributed by atoms with Gasteiger partial charge in [-0.2, -0.15) is 0 Å². The molecule has 0 unspecified atom stereocenters. The molecule has 1 saturated heterocycles. The smallest absolute Gasteiger partial charge is 0.0561 e. The Balaban J connectivity index is 1.77. The van der Waals surface area contributed by atoms with E-state index >= 15 is 0 Å². The van der Waals surface area contributed by atoms with Crippen molar-refractivity contribution in [2.24, 2.45) is 5.92 Å². The van der Waals surface area contributed by atoms with Crippen LogP contribution < -0.4 is 5.32 Å². The molecule has 2 heterocycles. The average molecular weight is 271 g/mol. The minimum absolute atomic E-state index is 0.567. The number of hydrogen-bond acceptors (Lipinski definition) is 3. The Bertz CT molecular complexity index is 369. The van der Waals surface area contributed by atoms with Crippen LogP contribution in [0.3, 0.4) is 0 Å². The number of thiophene rings is 1. The second kappa shape index (κ2) is 5.27. The summed E-state index contributed by atoms with van der Waals surface area (Å²) in [6.45, 7) is 4.55. The van der Waals surface area contributed by atoms with Crippen LogP contribution in [0.5, 0.6) is 0 Å². The highest BCUT2D eigenvalue weighted by molar-refractivity contribution is 7.10. The molecule has 1 atom stereocenters. The molecule has 2 fully saturated rings. The van der Waals surface area contributed by atoms with E-state index in [0.717, 1.165) is 37.1 Å². The van der Waals surface area contributed by atoms with Crippen LogP contribution >= 0.6 is 22.9 Å². The van der Waals surface area contributed by atoms with Crippen molar-refractivity contribution in [1.29, 1.82) is 0 Å². The Morgan fingerprint density at radius 2 is 2.18 bits per heavy atom. The van der Waals surface area contributed by atoms with Crippen LogP contribution in [-0.4, -0.2) is 31.1 Å². The molecule has 3 rings (SSSR count). The molecular formula is C13H19ClN2S. The van der Waals surface area contributed by atoms with Crippen molar-refractivity contribution < 1.29 is 0 Å². The molecule has 1 aromatic rings. The van der Waals surface area contributed by atoms with E-state index in [4.69, 9.17) is 11.6 Å². The fraction of sp³-hybridized carbons (Fsp3) is 0.692. The average Bonchev–Trinajstić information content (AvgIpc) is 3.09. The molecule has 0 bridgehead atoms. The van der Waals surface area contributed by atoms with E-state index in [2.05, 4.69) is 15.6 Å². The molecule has 0 aromatic carbocycles. The first kappa shape index (κ1) is 12.0. The third kappa shape index (κ3) is 2.84. The van der Waals surface area contributed by atoms with Gasteiger partial charge in [-0.3, -0.25) is 4.90 Å². The van der Waals surface area contributed by atoms with Gasteiger partial charge >= 0.3 is 0 Å². The number of piperazine rings is 1. The molecule has 1 aliphatic carbocycles. The van der Waals surface area contributed by atoms with Crippen molar-refractivity contribution in [2.45, 2.75) is 25.3 Å². The number of halogens is 1. The van der Waals surface area contributed by atoms with Crippen LogP contribution in [0.15, 0.2) is 11.4 Å². The lowest BCUT2D eigenvalue weighted by atomic mass is 10.1. The zero-order valence-electron chi connectivity index (χ0n) is 9.99. The van der Waals surface area contributed by atoms with Crippen LogP contribution in [-0.2, 0) is 0 Å². The predicted octanol–water partition coefficient (Wildman–Crippen LogP) is 3.15. The quantitative estimate of drug-likeness (QED) is 0.904. The zero-order valence-corrected chi connectivity index (χ0v) is 11.6. The highest BCUT2D eigenvalue weighted by Gasteiger charge is 2.31. The van der Waals surface area contributed by atoms with Gasteiger partial charge in [-0.1, -0.05) is 24.4 Å². The van der Waals surface area contributed by atoms with Crippen molar-refractivity contribution in [2.75, 3.05) is 26.2 Å². The second-order valence-corrected chi connectivity index (χ2v) is 6.47. The van der Waals surface area contributed by atoms with Gasteiger partial charge in [-0.25, -0.2) is 0 Å². The summed E-state index contributed by atoms with van der Waals surface area (Å²) < 4.78 is 0. The summed E-state index contributed by atoms with van der Waals surface area (Å²) in [4.78, 5) is 4.01. The highest BCUT2D eigenvalue weighted by Crippen LogP contribution is 2.43. The van der Waals surface area contributed by atoms with E-state index in [1.165, 1.54) is 24.1 Å². The number of hydrogen-bond donors (Lipinski definition) is 1. The van der Waals surface area contributed by atoms with Crippen LogP contribution in [0.4, 0.5) is 0 Å². The van der Waals surface area contributed by atoms with E-state index < -0.39 is 0 Å². The molecule has 4 heteroatoms. The minimum atomic E-state index is 0.567.